The van der Waals surface area contributed by atoms with Crippen molar-refractivity contribution in [3.63, 3.8) is 0 Å². The monoisotopic (exact) mass is 283 g/mol. The number of nitrogen functional groups attached to an aromatic ring is 1. The summed E-state index contributed by atoms with van der Waals surface area (Å²) >= 11 is 1.24. The lowest BCUT2D eigenvalue weighted by atomic mass is 10.1. The summed E-state index contributed by atoms with van der Waals surface area (Å²) < 4.78 is 0. The van der Waals surface area contributed by atoms with Gasteiger partial charge in [-0.3, -0.25) is 9.59 Å². The molecule has 0 aromatic carbocycles. The van der Waals surface area contributed by atoms with Gasteiger partial charge in [-0.15, -0.1) is 11.3 Å². The first-order chi connectivity index (χ1) is 8.79. The van der Waals surface area contributed by atoms with E-state index in [1.807, 2.05) is 6.92 Å². The lowest BCUT2D eigenvalue weighted by molar-refractivity contribution is 0.0965. The largest absolute Gasteiger partial charge is 0.397 e. The van der Waals surface area contributed by atoms with E-state index in [1.54, 1.807) is 7.05 Å². The summed E-state index contributed by atoms with van der Waals surface area (Å²) in [6, 6.07) is 0.182. The number of nitrogens with two attached hydrogens (primary N) is 1. The van der Waals surface area contributed by atoms with Gasteiger partial charge in [0, 0.05) is 20.0 Å². The van der Waals surface area contributed by atoms with Crippen LogP contribution >= 0.6 is 11.3 Å². The molecule has 0 spiro atoms. The average molecular weight is 283 g/mol. The van der Waals surface area contributed by atoms with Crippen molar-refractivity contribution >= 4 is 33.7 Å². The zero-order chi connectivity index (χ0) is 14.7. The molecule has 0 saturated heterocycles. The van der Waals surface area contributed by atoms with E-state index < -0.39 is 0 Å². The van der Waals surface area contributed by atoms with Crippen LogP contribution in [-0.2, 0) is 0 Å². The molecule has 0 saturated carbocycles. The first-order valence-corrected chi connectivity index (χ1v) is 7.03. The summed E-state index contributed by atoms with van der Waals surface area (Å²) in [5, 5.41) is 6.48. The molecule has 0 fully saturated rings. The van der Waals surface area contributed by atoms with Crippen molar-refractivity contribution in [3.8, 4) is 0 Å². The third-order valence-electron chi connectivity index (χ3n) is 3.08. The number of hydrogen-bond acceptors (Lipinski definition) is 5. The highest BCUT2D eigenvalue weighted by Crippen LogP contribution is 2.36. The van der Waals surface area contributed by atoms with E-state index in [-0.39, 0.29) is 23.4 Å². The zero-order valence-electron chi connectivity index (χ0n) is 12.0. The second kappa shape index (κ2) is 6.06. The molecule has 1 heterocycles. The van der Waals surface area contributed by atoms with Crippen LogP contribution < -0.4 is 16.4 Å². The van der Waals surface area contributed by atoms with Crippen LogP contribution in [0.15, 0.2) is 0 Å². The molecule has 1 amide bonds. The van der Waals surface area contributed by atoms with Gasteiger partial charge in [-0.05, 0) is 12.8 Å². The van der Waals surface area contributed by atoms with Gasteiger partial charge in [0.2, 0.25) is 0 Å². The minimum Gasteiger partial charge on any atom is -0.397 e. The standard InChI is InChI=1S/C13H21N3O2S/c1-6(2)7(3)16-13-9(12(18)15-5)10(14)11(19-13)8(4)17/h6-7,16H,14H2,1-5H3,(H,15,18). The highest BCUT2D eigenvalue weighted by molar-refractivity contribution is 7.19. The Hall–Kier alpha value is -1.56. The molecule has 0 aliphatic heterocycles. The maximum absolute atomic E-state index is 11.9. The molecule has 19 heavy (non-hydrogen) atoms. The van der Waals surface area contributed by atoms with Gasteiger partial charge < -0.3 is 16.4 Å². The van der Waals surface area contributed by atoms with Gasteiger partial charge in [-0.25, -0.2) is 0 Å². The SMILES string of the molecule is CNC(=O)c1c(NC(C)C(C)C)sc(C(C)=O)c1N. The van der Waals surface area contributed by atoms with Gasteiger partial charge in [0.05, 0.1) is 16.1 Å². The molecule has 0 aliphatic rings. The fourth-order valence-corrected chi connectivity index (χ4v) is 2.64. The van der Waals surface area contributed by atoms with Crippen LogP contribution in [0.4, 0.5) is 10.7 Å². The summed E-state index contributed by atoms with van der Waals surface area (Å²) in [5.41, 5.74) is 6.55. The van der Waals surface area contributed by atoms with Gasteiger partial charge in [0.25, 0.3) is 5.91 Å². The van der Waals surface area contributed by atoms with Crippen LogP contribution in [0.3, 0.4) is 0 Å². The topological polar surface area (TPSA) is 84.2 Å². The number of rotatable bonds is 5. The number of nitrogens with one attached hydrogen (secondary N) is 2. The van der Waals surface area contributed by atoms with Crippen molar-refractivity contribution in [1.82, 2.24) is 5.32 Å². The number of carbonyl (C=O) groups excluding carboxylic acids is 2. The highest BCUT2D eigenvalue weighted by atomic mass is 32.1. The van der Waals surface area contributed by atoms with Gasteiger partial charge >= 0.3 is 0 Å². The Morgan fingerprint density at radius 1 is 1.26 bits per heavy atom. The molecule has 5 nitrogen and oxygen atoms in total. The lowest BCUT2D eigenvalue weighted by Gasteiger charge is -2.18. The molecule has 0 aliphatic carbocycles. The minimum absolute atomic E-state index is 0.127. The van der Waals surface area contributed by atoms with E-state index in [0.29, 0.717) is 21.4 Å². The fourth-order valence-electron chi connectivity index (χ4n) is 1.53. The molecule has 1 aromatic heterocycles. The number of ketones is 1. The Morgan fingerprint density at radius 3 is 2.26 bits per heavy atom. The van der Waals surface area contributed by atoms with Crippen LogP contribution in [-0.4, -0.2) is 24.8 Å². The molecule has 6 heteroatoms. The predicted octanol–water partition coefficient (Wildman–Crippen LogP) is 2.35. The molecule has 1 aromatic rings. The number of Topliss-reactive ketones (excluding diaryl/α,β-unsaturated/α-hetero) is 1. The molecular formula is C13H21N3O2S. The van der Waals surface area contributed by atoms with Crippen molar-refractivity contribution in [1.29, 1.82) is 0 Å². The Kier molecular flexibility index (Phi) is 4.94. The van der Waals surface area contributed by atoms with Crippen LogP contribution in [0, 0.1) is 5.92 Å². The number of carbonyl (C=O) groups is 2. The van der Waals surface area contributed by atoms with Crippen molar-refractivity contribution in [2.45, 2.75) is 33.7 Å². The van der Waals surface area contributed by atoms with Crippen LogP contribution in [0.1, 0.15) is 47.7 Å². The molecule has 1 unspecified atom stereocenters. The van der Waals surface area contributed by atoms with Crippen molar-refractivity contribution in [2.24, 2.45) is 5.92 Å². The summed E-state index contributed by atoms with van der Waals surface area (Å²) in [6.07, 6.45) is 0. The first kappa shape index (κ1) is 15.5. The van der Waals surface area contributed by atoms with E-state index in [1.165, 1.54) is 18.3 Å². The molecular weight excluding hydrogens is 262 g/mol. The summed E-state index contributed by atoms with van der Waals surface area (Å²) in [6.45, 7) is 7.65. The minimum atomic E-state index is -0.278. The molecule has 1 atom stereocenters. The number of thiophene rings is 1. The molecule has 4 N–H and O–H groups in total. The number of amides is 1. The van der Waals surface area contributed by atoms with E-state index in [2.05, 4.69) is 24.5 Å². The quantitative estimate of drug-likeness (QED) is 0.724. The highest BCUT2D eigenvalue weighted by Gasteiger charge is 2.24. The summed E-state index contributed by atoms with van der Waals surface area (Å²) in [7, 11) is 1.54. The Labute approximate surface area is 117 Å². The van der Waals surface area contributed by atoms with E-state index in [4.69, 9.17) is 5.73 Å². The van der Waals surface area contributed by atoms with E-state index in [9.17, 15) is 9.59 Å². The first-order valence-electron chi connectivity index (χ1n) is 6.21. The predicted molar refractivity (Wildman–Crippen MR) is 80.0 cm³/mol. The van der Waals surface area contributed by atoms with Gasteiger partial charge in [-0.1, -0.05) is 13.8 Å². The maximum atomic E-state index is 11.9. The number of hydrogen-bond donors (Lipinski definition) is 3. The molecule has 1 rings (SSSR count). The smallest absolute Gasteiger partial charge is 0.256 e. The van der Waals surface area contributed by atoms with Crippen LogP contribution in [0.2, 0.25) is 0 Å². The van der Waals surface area contributed by atoms with Crippen molar-refractivity contribution in [2.75, 3.05) is 18.1 Å². The van der Waals surface area contributed by atoms with E-state index in [0.717, 1.165) is 0 Å². The third-order valence-corrected chi connectivity index (χ3v) is 4.32. The Morgan fingerprint density at radius 2 is 1.84 bits per heavy atom. The third kappa shape index (κ3) is 3.26. The zero-order valence-corrected chi connectivity index (χ0v) is 12.8. The molecule has 0 bridgehead atoms. The second-order valence-electron chi connectivity index (χ2n) is 4.86. The normalized spacial score (nSPS) is 12.3. The van der Waals surface area contributed by atoms with E-state index >= 15 is 0 Å². The van der Waals surface area contributed by atoms with Gasteiger partial charge in [0.1, 0.15) is 5.00 Å². The van der Waals surface area contributed by atoms with Gasteiger partial charge in [-0.2, -0.15) is 0 Å². The lowest BCUT2D eigenvalue weighted by Crippen LogP contribution is -2.24. The number of anilines is 2. The molecule has 0 radical (unpaired) electrons. The fraction of sp³-hybridized carbons (Fsp3) is 0.538. The summed E-state index contributed by atoms with van der Waals surface area (Å²) in [4.78, 5) is 23.9. The van der Waals surface area contributed by atoms with Gasteiger partial charge in [0.15, 0.2) is 5.78 Å². The molecule has 106 valence electrons. The second-order valence-corrected chi connectivity index (χ2v) is 5.88. The van der Waals surface area contributed by atoms with Crippen LogP contribution in [0.25, 0.3) is 0 Å². The summed E-state index contributed by atoms with van der Waals surface area (Å²) in [5.74, 6) is -0.000695. The Bertz CT molecular complexity index is 494. The van der Waals surface area contributed by atoms with Crippen molar-refractivity contribution < 1.29 is 9.59 Å². The average Bonchev–Trinajstić information content (AvgIpc) is 2.65. The van der Waals surface area contributed by atoms with Crippen molar-refractivity contribution in [3.05, 3.63) is 10.4 Å². The van der Waals surface area contributed by atoms with Crippen LogP contribution in [0.5, 0.6) is 0 Å². The Balaban J connectivity index is 3.25. The maximum Gasteiger partial charge on any atom is 0.256 e.